The quantitative estimate of drug-likeness (QED) is 0.715. The summed E-state index contributed by atoms with van der Waals surface area (Å²) in [5.74, 6) is -0.455. The van der Waals surface area contributed by atoms with Crippen molar-refractivity contribution in [1.29, 1.82) is 0 Å². The fourth-order valence-corrected chi connectivity index (χ4v) is 1.17. The summed E-state index contributed by atoms with van der Waals surface area (Å²) in [5.41, 5.74) is 0.314. The topological polar surface area (TPSA) is 35.5 Å². The van der Waals surface area contributed by atoms with Gasteiger partial charge < -0.3 is 9.47 Å². The van der Waals surface area contributed by atoms with Crippen LogP contribution < -0.4 is 4.74 Å². The molecule has 1 aromatic carbocycles. The first-order valence-electron chi connectivity index (χ1n) is 4.65. The van der Waals surface area contributed by atoms with Crippen LogP contribution in [0.15, 0.2) is 18.2 Å². The lowest BCUT2D eigenvalue weighted by molar-refractivity contribution is -0.142. The van der Waals surface area contributed by atoms with Crippen molar-refractivity contribution < 1.29 is 18.7 Å². The second-order valence-corrected chi connectivity index (χ2v) is 2.94. The minimum atomic E-state index is -0.456. The third-order valence-electron chi connectivity index (χ3n) is 1.90. The largest absolute Gasteiger partial charge is 0.497 e. The molecule has 0 aliphatic heterocycles. The van der Waals surface area contributed by atoms with Gasteiger partial charge in [0.25, 0.3) is 0 Å². The Labute approximate surface area is 87.8 Å². The number of esters is 1. The first-order chi connectivity index (χ1) is 7.17. The van der Waals surface area contributed by atoms with Crippen LogP contribution in [0, 0.1) is 5.82 Å². The molecule has 0 aliphatic carbocycles. The SMILES string of the molecule is CCOC(=O)Cc1ccc(OC)cc1F. The van der Waals surface area contributed by atoms with Gasteiger partial charge in [-0.25, -0.2) is 4.39 Å². The van der Waals surface area contributed by atoms with E-state index in [2.05, 4.69) is 0 Å². The van der Waals surface area contributed by atoms with Crippen LogP contribution >= 0.6 is 0 Å². The van der Waals surface area contributed by atoms with Crippen molar-refractivity contribution in [2.75, 3.05) is 13.7 Å². The molecule has 0 unspecified atom stereocenters. The molecule has 0 bridgehead atoms. The summed E-state index contributed by atoms with van der Waals surface area (Å²) in [6, 6.07) is 4.37. The Bertz CT molecular complexity index is 350. The predicted octanol–water partition coefficient (Wildman–Crippen LogP) is 1.94. The molecule has 0 amide bonds. The summed E-state index contributed by atoms with van der Waals surface area (Å²) in [4.78, 5) is 11.1. The third kappa shape index (κ3) is 3.23. The smallest absolute Gasteiger partial charge is 0.310 e. The van der Waals surface area contributed by atoms with Crippen LogP contribution in [0.25, 0.3) is 0 Å². The van der Waals surface area contributed by atoms with Gasteiger partial charge in [-0.1, -0.05) is 6.07 Å². The summed E-state index contributed by atoms with van der Waals surface area (Å²) in [7, 11) is 1.46. The third-order valence-corrected chi connectivity index (χ3v) is 1.90. The lowest BCUT2D eigenvalue weighted by Gasteiger charge is -2.05. The van der Waals surface area contributed by atoms with Gasteiger partial charge in [0.2, 0.25) is 0 Å². The number of hydrogen-bond donors (Lipinski definition) is 0. The lowest BCUT2D eigenvalue weighted by atomic mass is 10.1. The van der Waals surface area contributed by atoms with Gasteiger partial charge in [0.1, 0.15) is 11.6 Å². The molecular formula is C11H13FO3. The first-order valence-corrected chi connectivity index (χ1v) is 4.65. The van der Waals surface area contributed by atoms with E-state index >= 15 is 0 Å². The second-order valence-electron chi connectivity index (χ2n) is 2.94. The van der Waals surface area contributed by atoms with E-state index in [1.807, 2.05) is 0 Å². The molecule has 0 fully saturated rings. The molecule has 0 N–H and O–H groups in total. The maximum absolute atomic E-state index is 13.3. The van der Waals surface area contributed by atoms with Crippen LogP contribution in [0.2, 0.25) is 0 Å². The summed E-state index contributed by atoms with van der Waals surface area (Å²) in [6.45, 7) is 2.01. The van der Waals surface area contributed by atoms with E-state index in [9.17, 15) is 9.18 Å². The van der Waals surface area contributed by atoms with E-state index in [4.69, 9.17) is 9.47 Å². The molecular weight excluding hydrogens is 199 g/mol. The minimum Gasteiger partial charge on any atom is -0.497 e. The number of carbonyl (C=O) groups is 1. The van der Waals surface area contributed by atoms with Crippen molar-refractivity contribution in [3.63, 3.8) is 0 Å². The van der Waals surface area contributed by atoms with Gasteiger partial charge in [-0.2, -0.15) is 0 Å². The molecule has 0 atom stereocenters. The molecule has 1 rings (SSSR count). The van der Waals surface area contributed by atoms with Crippen LogP contribution in [0.5, 0.6) is 5.75 Å². The van der Waals surface area contributed by atoms with Gasteiger partial charge in [0.05, 0.1) is 20.1 Å². The fraction of sp³-hybridized carbons (Fsp3) is 0.364. The number of rotatable bonds is 4. The molecule has 0 saturated heterocycles. The van der Waals surface area contributed by atoms with E-state index in [0.717, 1.165) is 0 Å². The van der Waals surface area contributed by atoms with E-state index in [-0.39, 0.29) is 6.42 Å². The van der Waals surface area contributed by atoms with Crippen LogP contribution in [0.3, 0.4) is 0 Å². The number of halogens is 1. The van der Waals surface area contributed by atoms with Crippen molar-refractivity contribution in [2.45, 2.75) is 13.3 Å². The number of carbonyl (C=O) groups excluding carboxylic acids is 1. The Morgan fingerprint density at radius 3 is 2.73 bits per heavy atom. The molecule has 0 aliphatic rings. The highest BCUT2D eigenvalue weighted by atomic mass is 19.1. The predicted molar refractivity (Wildman–Crippen MR) is 53.3 cm³/mol. The van der Waals surface area contributed by atoms with Crippen LogP contribution in [-0.2, 0) is 16.0 Å². The number of ether oxygens (including phenoxy) is 2. The molecule has 4 heteroatoms. The Hall–Kier alpha value is -1.58. The van der Waals surface area contributed by atoms with Crippen molar-refractivity contribution in [2.24, 2.45) is 0 Å². The van der Waals surface area contributed by atoms with Crippen LogP contribution in [0.4, 0.5) is 4.39 Å². The molecule has 3 nitrogen and oxygen atoms in total. The van der Waals surface area contributed by atoms with Crippen molar-refractivity contribution in [3.8, 4) is 5.75 Å². The molecule has 0 heterocycles. The average molecular weight is 212 g/mol. The lowest BCUT2D eigenvalue weighted by Crippen LogP contribution is -2.08. The molecule has 0 radical (unpaired) electrons. The highest BCUT2D eigenvalue weighted by molar-refractivity contribution is 5.72. The van der Waals surface area contributed by atoms with Gasteiger partial charge in [0, 0.05) is 6.07 Å². The highest BCUT2D eigenvalue weighted by Crippen LogP contribution is 2.16. The molecule has 0 saturated carbocycles. The van der Waals surface area contributed by atoms with Gasteiger partial charge in [-0.15, -0.1) is 0 Å². The van der Waals surface area contributed by atoms with Crippen molar-refractivity contribution >= 4 is 5.97 Å². The van der Waals surface area contributed by atoms with Gasteiger partial charge in [-0.3, -0.25) is 4.79 Å². The van der Waals surface area contributed by atoms with Gasteiger partial charge in [0.15, 0.2) is 0 Å². The number of benzene rings is 1. The van der Waals surface area contributed by atoms with Gasteiger partial charge >= 0.3 is 5.97 Å². The Morgan fingerprint density at radius 1 is 1.47 bits per heavy atom. The van der Waals surface area contributed by atoms with E-state index in [0.29, 0.717) is 17.9 Å². The molecule has 82 valence electrons. The van der Waals surface area contributed by atoms with Crippen LogP contribution in [-0.4, -0.2) is 19.7 Å². The number of hydrogen-bond acceptors (Lipinski definition) is 3. The Morgan fingerprint density at radius 2 is 2.20 bits per heavy atom. The zero-order valence-electron chi connectivity index (χ0n) is 8.75. The zero-order chi connectivity index (χ0) is 11.3. The fourth-order valence-electron chi connectivity index (χ4n) is 1.17. The molecule has 1 aromatic rings. The van der Waals surface area contributed by atoms with Crippen molar-refractivity contribution in [1.82, 2.24) is 0 Å². The summed E-state index contributed by atoms with van der Waals surface area (Å²) in [6.07, 6.45) is -0.0519. The number of methoxy groups -OCH3 is 1. The molecule has 0 spiro atoms. The van der Waals surface area contributed by atoms with Crippen LogP contribution in [0.1, 0.15) is 12.5 Å². The summed E-state index contributed by atoms with van der Waals surface area (Å²) in [5, 5.41) is 0. The standard InChI is InChI=1S/C11H13FO3/c1-3-15-11(13)6-8-4-5-9(14-2)7-10(8)12/h4-5,7H,3,6H2,1-2H3. The highest BCUT2D eigenvalue weighted by Gasteiger charge is 2.09. The maximum Gasteiger partial charge on any atom is 0.310 e. The second kappa shape index (κ2) is 5.34. The first kappa shape index (κ1) is 11.5. The van der Waals surface area contributed by atoms with E-state index in [1.54, 1.807) is 13.0 Å². The molecule has 15 heavy (non-hydrogen) atoms. The van der Waals surface area contributed by atoms with E-state index < -0.39 is 11.8 Å². The average Bonchev–Trinajstić information content (AvgIpc) is 2.21. The zero-order valence-corrected chi connectivity index (χ0v) is 8.75. The minimum absolute atomic E-state index is 0.0519. The monoisotopic (exact) mass is 212 g/mol. The Kier molecular flexibility index (Phi) is 4.09. The normalized spacial score (nSPS) is 9.80. The maximum atomic E-state index is 13.3. The van der Waals surface area contributed by atoms with E-state index in [1.165, 1.54) is 19.2 Å². The molecule has 0 aromatic heterocycles. The van der Waals surface area contributed by atoms with Gasteiger partial charge in [-0.05, 0) is 18.6 Å². The summed E-state index contributed by atoms with van der Waals surface area (Å²) < 4.78 is 22.9. The van der Waals surface area contributed by atoms with Crippen molar-refractivity contribution in [3.05, 3.63) is 29.6 Å². The summed E-state index contributed by atoms with van der Waals surface area (Å²) >= 11 is 0. The Balaban J connectivity index is 2.73.